The molecule has 0 aliphatic heterocycles. The normalized spacial score (nSPS) is 10.9. The van der Waals surface area contributed by atoms with Gasteiger partial charge in [0.15, 0.2) is 5.82 Å². The number of hydrogen-bond donors (Lipinski definition) is 1. The lowest BCUT2D eigenvalue weighted by Gasteiger charge is -2.01. The van der Waals surface area contributed by atoms with Crippen molar-refractivity contribution in [3.63, 3.8) is 0 Å². The molecule has 17 heavy (non-hydrogen) atoms. The third kappa shape index (κ3) is 2.93. The number of nitrogens with zero attached hydrogens (tertiary/aromatic N) is 3. The first kappa shape index (κ1) is 11.8. The molecule has 0 spiro atoms. The van der Waals surface area contributed by atoms with Crippen molar-refractivity contribution in [2.75, 3.05) is 0 Å². The van der Waals surface area contributed by atoms with Crippen LogP contribution in [0.25, 0.3) is 0 Å². The molecule has 6 heteroatoms. The van der Waals surface area contributed by atoms with Crippen molar-refractivity contribution in [1.82, 2.24) is 9.97 Å². The number of aromatic hydroxyl groups is 1. The fourth-order valence-electron chi connectivity index (χ4n) is 1.18. The Labute approximate surface area is 108 Å². The second kappa shape index (κ2) is 5.12. The first-order valence-corrected chi connectivity index (χ1v) is 5.40. The van der Waals surface area contributed by atoms with Crippen LogP contribution in [0, 0.1) is 0 Å². The third-order valence-electron chi connectivity index (χ3n) is 1.94. The van der Waals surface area contributed by atoms with Crippen molar-refractivity contribution >= 4 is 35.2 Å². The molecule has 2 aromatic rings. The molecule has 1 aromatic carbocycles. The first-order valence-electron chi connectivity index (χ1n) is 4.65. The summed E-state index contributed by atoms with van der Waals surface area (Å²) in [5.74, 6) is 0.367. The fraction of sp³-hybridized carbons (Fsp3) is 0. The SMILES string of the molecule is Oc1c(Cl)cc(Cl)cc1C=Nc1cnccn1. The highest BCUT2D eigenvalue weighted by atomic mass is 35.5. The predicted octanol–water partition coefficient (Wildman–Crippen LogP) is 3.24. The highest BCUT2D eigenvalue weighted by Gasteiger charge is 2.05. The van der Waals surface area contributed by atoms with E-state index in [1.165, 1.54) is 24.7 Å². The number of hydrogen-bond acceptors (Lipinski definition) is 4. The van der Waals surface area contributed by atoms with Crippen LogP contribution in [0.4, 0.5) is 5.82 Å². The van der Waals surface area contributed by atoms with Gasteiger partial charge in [-0.25, -0.2) is 9.98 Å². The number of aliphatic imine (C=N–C) groups is 1. The summed E-state index contributed by atoms with van der Waals surface area (Å²) in [5.41, 5.74) is 0.424. The summed E-state index contributed by atoms with van der Waals surface area (Å²) in [6.07, 6.45) is 6.00. The summed E-state index contributed by atoms with van der Waals surface area (Å²) in [4.78, 5) is 11.9. The predicted molar refractivity (Wildman–Crippen MR) is 67.4 cm³/mol. The van der Waals surface area contributed by atoms with E-state index in [9.17, 15) is 5.11 Å². The molecular formula is C11H7Cl2N3O. The van der Waals surface area contributed by atoms with Crippen LogP contribution < -0.4 is 0 Å². The van der Waals surface area contributed by atoms with Crippen molar-refractivity contribution < 1.29 is 5.11 Å². The van der Waals surface area contributed by atoms with Crippen LogP contribution in [-0.4, -0.2) is 21.3 Å². The quantitative estimate of drug-likeness (QED) is 0.850. The van der Waals surface area contributed by atoms with Gasteiger partial charge in [-0.1, -0.05) is 23.2 Å². The Morgan fingerprint density at radius 2 is 2.06 bits per heavy atom. The zero-order chi connectivity index (χ0) is 12.3. The highest BCUT2D eigenvalue weighted by Crippen LogP contribution is 2.30. The molecule has 0 bridgehead atoms. The lowest BCUT2D eigenvalue weighted by molar-refractivity contribution is 0.475. The maximum Gasteiger partial charge on any atom is 0.170 e. The number of aromatic nitrogens is 2. The first-order chi connectivity index (χ1) is 8.16. The third-order valence-corrected chi connectivity index (χ3v) is 2.45. The number of phenols is 1. The Morgan fingerprint density at radius 1 is 1.24 bits per heavy atom. The second-order valence-corrected chi connectivity index (χ2v) is 3.99. The van der Waals surface area contributed by atoms with Crippen molar-refractivity contribution in [2.45, 2.75) is 0 Å². The zero-order valence-corrected chi connectivity index (χ0v) is 10.0. The van der Waals surface area contributed by atoms with Gasteiger partial charge in [0, 0.05) is 29.2 Å². The fourth-order valence-corrected chi connectivity index (χ4v) is 1.69. The smallest absolute Gasteiger partial charge is 0.170 e. The number of phenolic OH excluding ortho intramolecular Hbond substituents is 1. The Morgan fingerprint density at radius 3 is 2.76 bits per heavy atom. The average Bonchev–Trinajstić information content (AvgIpc) is 2.33. The van der Waals surface area contributed by atoms with Crippen LogP contribution in [0.1, 0.15) is 5.56 Å². The van der Waals surface area contributed by atoms with E-state index in [0.717, 1.165) is 0 Å². The van der Waals surface area contributed by atoms with Crippen LogP contribution in [0.15, 0.2) is 35.7 Å². The standard InChI is InChI=1S/C11H7Cl2N3O/c12-8-3-7(11(17)9(13)4-8)5-16-10-6-14-1-2-15-10/h1-6,17H. The van der Waals surface area contributed by atoms with Gasteiger partial charge in [-0.2, -0.15) is 0 Å². The van der Waals surface area contributed by atoms with Gasteiger partial charge >= 0.3 is 0 Å². The minimum absolute atomic E-state index is 0.0660. The Hall–Kier alpha value is -1.65. The molecule has 1 N–H and O–H groups in total. The van der Waals surface area contributed by atoms with E-state index in [1.54, 1.807) is 12.3 Å². The van der Waals surface area contributed by atoms with Crippen LogP contribution in [-0.2, 0) is 0 Å². The van der Waals surface area contributed by atoms with E-state index in [0.29, 0.717) is 16.4 Å². The summed E-state index contributed by atoms with van der Waals surface area (Å²) >= 11 is 11.6. The molecule has 0 amide bonds. The highest BCUT2D eigenvalue weighted by molar-refractivity contribution is 6.36. The van der Waals surface area contributed by atoms with Gasteiger partial charge in [-0.3, -0.25) is 4.98 Å². The van der Waals surface area contributed by atoms with Gasteiger partial charge in [0.1, 0.15) is 5.75 Å². The van der Waals surface area contributed by atoms with Crippen LogP contribution >= 0.6 is 23.2 Å². The second-order valence-electron chi connectivity index (χ2n) is 3.15. The van der Waals surface area contributed by atoms with Crippen LogP contribution in [0.3, 0.4) is 0 Å². The Bertz CT molecular complexity index is 558. The van der Waals surface area contributed by atoms with Gasteiger partial charge in [0.2, 0.25) is 0 Å². The lowest BCUT2D eigenvalue weighted by atomic mass is 10.2. The van der Waals surface area contributed by atoms with Crippen LogP contribution in [0.2, 0.25) is 10.0 Å². The molecule has 0 fully saturated rings. The zero-order valence-electron chi connectivity index (χ0n) is 8.51. The molecule has 1 heterocycles. The number of halogens is 2. The topological polar surface area (TPSA) is 58.4 Å². The summed E-state index contributed by atoms with van der Waals surface area (Å²) in [6.45, 7) is 0. The average molecular weight is 268 g/mol. The largest absolute Gasteiger partial charge is 0.506 e. The number of rotatable bonds is 2. The van der Waals surface area contributed by atoms with E-state index < -0.39 is 0 Å². The van der Waals surface area contributed by atoms with Gasteiger partial charge in [-0.15, -0.1) is 0 Å². The monoisotopic (exact) mass is 267 g/mol. The minimum Gasteiger partial charge on any atom is -0.506 e. The lowest BCUT2D eigenvalue weighted by Crippen LogP contribution is -1.84. The Balaban J connectivity index is 2.33. The van der Waals surface area contributed by atoms with E-state index >= 15 is 0 Å². The summed E-state index contributed by atoms with van der Waals surface area (Å²) in [7, 11) is 0. The molecule has 0 unspecified atom stereocenters. The maximum atomic E-state index is 9.68. The van der Waals surface area contributed by atoms with Crippen molar-refractivity contribution in [1.29, 1.82) is 0 Å². The van der Waals surface area contributed by atoms with Gasteiger partial charge < -0.3 is 5.11 Å². The molecule has 86 valence electrons. The maximum absolute atomic E-state index is 9.68. The van der Waals surface area contributed by atoms with Gasteiger partial charge in [0.25, 0.3) is 0 Å². The minimum atomic E-state index is -0.0660. The van der Waals surface area contributed by atoms with E-state index in [-0.39, 0.29) is 10.8 Å². The van der Waals surface area contributed by atoms with E-state index in [1.807, 2.05) is 0 Å². The molecule has 0 saturated carbocycles. The molecule has 0 atom stereocenters. The van der Waals surface area contributed by atoms with Crippen molar-refractivity contribution in [2.24, 2.45) is 4.99 Å². The van der Waals surface area contributed by atoms with E-state index in [4.69, 9.17) is 23.2 Å². The number of benzene rings is 1. The van der Waals surface area contributed by atoms with Gasteiger partial charge in [-0.05, 0) is 12.1 Å². The molecule has 0 aliphatic carbocycles. The van der Waals surface area contributed by atoms with Crippen molar-refractivity contribution in [3.05, 3.63) is 46.3 Å². The molecule has 0 saturated heterocycles. The summed E-state index contributed by atoms with van der Waals surface area (Å²) < 4.78 is 0. The van der Waals surface area contributed by atoms with E-state index in [2.05, 4.69) is 15.0 Å². The summed E-state index contributed by atoms with van der Waals surface area (Å²) in [5, 5.41) is 10.3. The Kier molecular flexibility index (Phi) is 3.56. The summed E-state index contributed by atoms with van der Waals surface area (Å²) in [6, 6.07) is 3.01. The van der Waals surface area contributed by atoms with Crippen molar-refractivity contribution in [3.8, 4) is 5.75 Å². The molecular weight excluding hydrogens is 261 g/mol. The molecule has 2 rings (SSSR count). The molecule has 0 aliphatic rings. The molecule has 0 radical (unpaired) electrons. The molecule has 1 aromatic heterocycles. The van der Waals surface area contributed by atoms with Crippen LogP contribution in [0.5, 0.6) is 5.75 Å². The van der Waals surface area contributed by atoms with Gasteiger partial charge in [0.05, 0.1) is 11.2 Å². The molecule has 4 nitrogen and oxygen atoms in total.